The Morgan fingerprint density at radius 3 is 2.76 bits per heavy atom. The third-order valence-corrected chi connectivity index (χ3v) is 4.63. The van der Waals surface area contributed by atoms with Gasteiger partial charge < -0.3 is 14.8 Å². The van der Waals surface area contributed by atoms with Crippen LogP contribution in [0, 0.1) is 0 Å². The Balaban J connectivity index is 2.27. The lowest BCUT2D eigenvalue weighted by Gasteiger charge is -2.20. The van der Waals surface area contributed by atoms with Crippen molar-refractivity contribution in [3.63, 3.8) is 0 Å². The van der Waals surface area contributed by atoms with E-state index >= 15 is 0 Å². The van der Waals surface area contributed by atoms with Crippen molar-refractivity contribution in [3.8, 4) is 5.75 Å². The van der Waals surface area contributed by atoms with Gasteiger partial charge in [-0.15, -0.1) is 11.3 Å². The largest absolute Gasteiger partial charge is 0.491 e. The van der Waals surface area contributed by atoms with Crippen LogP contribution in [-0.2, 0) is 4.74 Å². The lowest BCUT2D eigenvalue weighted by molar-refractivity contribution is 0.145. The van der Waals surface area contributed by atoms with E-state index in [1.54, 1.807) is 18.4 Å². The lowest BCUT2D eigenvalue weighted by atomic mass is 10.0. The van der Waals surface area contributed by atoms with Crippen molar-refractivity contribution < 1.29 is 9.47 Å². The Morgan fingerprint density at radius 2 is 2.10 bits per heavy atom. The zero-order chi connectivity index (χ0) is 15.1. The van der Waals surface area contributed by atoms with Gasteiger partial charge in [0.15, 0.2) is 0 Å². The standard InChI is InChI=1S/C16H20BrNO2S/c1-3-18-16(12-10-15(17)21-11-12)13-6-4-5-7-14(13)20-9-8-19-2/h4-7,10-11,16,18H,3,8-9H2,1-2H3. The van der Waals surface area contributed by atoms with Gasteiger partial charge in [0, 0.05) is 12.7 Å². The molecule has 0 amide bonds. The maximum absolute atomic E-state index is 5.86. The van der Waals surface area contributed by atoms with E-state index in [1.807, 2.05) is 18.2 Å². The van der Waals surface area contributed by atoms with Gasteiger partial charge in [0.05, 0.1) is 16.4 Å². The van der Waals surface area contributed by atoms with Gasteiger partial charge >= 0.3 is 0 Å². The smallest absolute Gasteiger partial charge is 0.124 e. The highest BCUT2D eigenvalue weighted by Gasteiger charge is 2.18. The molecule has 1 aromatic heterocycles. The van der Waals surface area contributed by atoms with E-state index < -0.39 is 0 Å². The van der Waals surface area contributed by atoms with Crippen molar-refractivity contribution >= 4 is 27.3 Å². The zero-order valence-electron chi connectivity index (χ0n) is 12.3. The second-order valence-corrected chi connectivity index (χ2v) is 6.84. The highest BCUT2D eigenvalue weighted by molar-refractivity contribution is 9.11. The summed E-state index contributed by atoms with van der Waals surface area (Å²) in [5, 5.41) is 5.70. The van der Waals surface area contributed by atoms with Crippen LogP contribution in [0.25, 0.3) is 0 Å². The van der Waals surface area contributed by atoms with Crippen molar-refractivity contribution in [3.05, 3.63) is 50.6 Å². The molecule has 0 saturated carbocycles. The fourth-order valence-corrected chi connectivity index (χ4v) is 3.37. The monoisotopic (exact) mass is 369 g/mol. The van der Waals surface area contributed by atoms with Crippen molar-refractivity contribution in [1.82, 2.24) is 5.32 Å². The number of benzene rings is 1. The molecule has 0 fully saturated rings. The van der Waals surface area contributed by atoms with E-state index in [9.17, 15) is 0 Å². The number of rotatable bonds is 8. The topological polar surface area (TPSA) is 30.5 Å². The number of halogens is 1. The molecule has 0 spiro atoms. The van der Waals surface area contributed by atoms with Gasteiger partial charge in [-0.2, -0.15) is 0 Å². The van der Waals surface area contributed by atoms with Gasteiger partial charge in [0.2, 0.25) is 0 Å². The van der Waals surface area contributed by atoms with E-state index in [2.05, 4.69) is 45.7 Å². The minimum Gasteiger partial charge on any atom is -0.491 e. The molecule has 0 bridgehead atoms. The summed E-state index contributed by atoms with van der Waals surface area (Å²) in [6.07, 6.45) is 0. The first-order chi connectivity index (χ1) is 10.3. The van der Waals surface area contributed by atoms with Gasteiger partial charge in [-0.3, -0.25) is 0 Å². The van der Waals surface area contributed by atoms with Gasteiger partial charge in [-0.1, -0.05) is 25.1 Å². The molecule has 1 atom stereocenters. The van der Waals surface area contributed by atoms with E-state index in [-0.39, 0.29) is 6.04 Å². The Labute approximate surface area is 138 Å². The quantitative estimate of drug-likeness (QED) is 0.706. The Bertz CT molecular complexity index is 559. The number of ether oxygens (including phenoxy) is 2. The summed E-state index contributed by atoms with van der Waals surface area (Å²) in [4.78, 5) is 0. The average Bonchev–Trinajstić information content (AvgIpc) is 2.92. The zero-order valence-corrected chi connectivity index (χ0v) is 14.7. The summed E-state index contributed by atoms with van der Waals surface area (Å²) in [6.45, 7) is 4.15. The van der Waals surface area contributed by atoms with Crippen LogP contribution in [0.3, 0.4) is 0 Å². The van der Waals surface area contributed by atoms with Gasteiger partial charge in [-0.25, -0.2) is 0 Å². The first-order valence-corrected chi connectivity index (χ1v) is 8.61. The molecule has 0 saturated heterocycles. The molecule has 0 aliphatic carbocycles. The maximum Gasteiger partial charge on any atom is 0.124 e. The summed E-state index contributed by atoms with van der Waals surface area (Å²) in [5.41, 5.74) is 2.40. The molecule has 0 aliphatic rings. The minimum atomic E-state index is 0.135. The molecule has 3 nitrogen and oxygen atoms in total. The molecule has 0 radical (unpaired) electrons. The summed E-state index contributed by atoms with van der Waals surface area (Å²) in [7, 11) is 1.68. The van der Waals surface area contributed by atoms with Gasteiger partial charge in [-0.05, 0) is 45.6 Å². The van der Waals surface area contributed by atoms with Crippen LogP contribution in [0.4, 0.5) is 0 Å². The molecule has 114 valence electrons. The molecule has 2 aromatic rings. The summed E-state index contributed by atoms with van der Waals surface area (Å²) in [6, 6.07) is 10.5. The predicted octanol–water partition coefficient (Wildman–Crippen LogP) is 4.23. The van der Waals surface area contributed by atoms with E-state index in [0.29, 0.717) is 13.2 Å². The SMILES string of the molecule is CCNC(c1csc(Br)c1)c1ccccc1OCCOC. The van der Waals surface area contributed by atoms with Crippen molar-refractivity contribution in [2.24, 2.45) is 0 Å². The van der Waals surface area contributed by atoms with E-state index in [1.165, 1.54) is 5.56 Å². The number of methoxy groups -OCH3 is 1. The van der Waals surface area contributed by atoms with E-state index in [0.717, 1.165) is 21.6 Å². The molecule has 1 unspecified atom stereocenters. The molecule has 1 heterocycles. The Kier molecular flexibility index (Phi) is 6.70. The average molecular weight is 370 g/mol. The highest BCUT2D eigenvalue weighted by atomic mass is 79.9. The molecule has 1 N–H and O–H groups in total. The highest BCUT2D eigenvalue weighted by Crippen LogP contribution is 2.33. The summed E-state index contributed by atoms with van der Waals surface area (Å²) in [5.74, 6) is 0.905. The van der Waals surface area contributed by atoms with Crippen LogP contribution in [0.5, 0.6) is 5.75 Å². The first kappa shape index (κ1) is 16.5. The van der Waals surface area contributed by atoms with Crippen molar-refractivity contribution in [2.75, 3.05) is 26.9 Å². The maximum atomic E-state index is 5.86. The molecule has 0 aliphatic heterocycles. The second kappa shape index (κ2) is 8.54. The predicted molar refractivity (Wildman–Crippen MR) is 91.4 cm³/mol. The molecule has 21 heavy (non-hydrogen) atoms. The fraction of sp³-hybridized carbons (Fsp3) is 0.375. The molecule has 1 aromatic carbocycles. The Hall–Kier alpha value is -0.880. The van der Waals surface area contributed by atoms with Crippen LogP contribution in [0.15, 0.2) is 39.5 Å². The van der Waals surface area contributed by atoms with Crippen LogP contribution >= 0.6 is 27.3 Å². The van der Waals surface area contributed by atoms with Gasteiger partial charge in [0.25, 0.3) is 0 Å². The molecule has 2 rings (SSSR count). The number of hydrogen-bond acceptors (Lipinski definition) is 4. The van der Waals surface area contributed by atoms with Crippen molar-refractivity contribution in [1.29, 1.82) is 0 Å². The lowest BCUT2D eigenvalue weighted by Crippen LogP contribution is -2.22. The third-order valence-electron chi connectivity index (χ3n) is 3.10. The van der Waals surface area contributed by atoms with E-state index in [4.69, 9.17) is 9.47 Å². The number of para-hydroxylation sites is 1. The van der Waals surface area contributed by atoms with Crippen LogP contribution in [-0.4, -0.2) is 26.9 Å². The normalized spacial score (nSPS) is 12.3. The molecule has 5 heteroatoms. The summed E-state index contributed by atoms with van der Waals surface area (Å²) < 4.78 is 12.1. The number of nitrogens with one attached hydrogen (secondary N) is 1. The fourth-order valence-electron chi connectivity index (χ4n) is 2.17. The first-order valence-electron chi connectivity index (χ1n) is 6.94. The molecular weight excluding hydrogens is 350 g/mol. The number of hydrogen-bond donors (Lipinski definition) is 1. The minimum absolute atomic E-state index is 0.135. The van der Waals surface area contributed by atoms with Crippen LogP contribution in [0.2, 0.25) is 0 Å². The summed E-state index contributed by atoms with van der Waals surface area (Å²) >= 11 is 5.23. The number of thiophene rings is 1. The Morgan fingerprint density at radius 1 is 1.29 bits per heavy atom. The van der Waals surface area contributed by atoms with Gasteiger partial charge in [0.1, 0.15) is 12.4 Å². The van der Waals surface area contributed by atoms with Crippen LogP contribution in [0.1, 0.15) is 24.1 Å². The van der Waals surface area contributed by atoms with Crippen LogP contribution < -0.4 is 10.1 Å². The molecular formula is C16H20BrNO2S. The second-order valence-electron chi connectivity index (χ2n) is 4.55. The third kappa shape index (κ3) is 4.54. The van der Waals surface area contributed by atoms with Crippen molar-refractivity contribution in [2.45, 2.75) is 13.0 Å².